The van der Waals surface area contributed by atoms with E-state index < -0.39 is 0 Å². The van der Waals surface area contributed by atoms with Crippen molar-refractivity contribution in [3.63, 3.8) is 0 Å². The fourth-order valence-corrected chi connectivity index (χ4v) is 2.33. The summed E-state index contributed by atoms with van der Waals surface area (Å²) in [6.07, 6.45) is 11.8. The highest BCUT2D eigenvalue weighted by atomic mass is 15.1. The molecule has 1 saturated carbocycles. The topological polar surface area (TPSA) is 29.3 Å². The minimum Gasteiger partial charge on any atom is -0.330 e. The third-order valence-corrected chi connectivity index (χ3v) is 3.68. The van der Waals surface area contributed by atoms with E-state index in [1.54, 1.807) is 0 Å². The van der Waals surface area contributed by atoms with Crippen LogP contribution in [0, 0.1) is 23.7 Å². The molecule has 0 heterocycles. The lowest BCUT2D eigenvalue weighted by atomic mass is 9.84. The summed E-state index contributed by atoms with van der Waals surface area (Å²) in [6.45, 7) is 8.59. The Labute approximate surface area is 107 Å². The molecule has 0 aromatic carbocycles. The van der Waals surface area contributed by atoms with Gasteiger partial charge in [0.05, 0.1) is 6.54 Å². The van der Waals surface area contributed by atoms with E-state index in [1.807, 2.05) is 0 Å². The van der Waals surface area contributed by atoms with Crippen molar-refractivity contribution in [1.82, 2.24) is 4.90 Å². The molecule has 0 aromatic rings. The zero-order valence-corrected chi connectivity index (χ0v) is 11.5. The lowest BCUT2D eigenvalue weighted by Crippen LogP contribution is -2.28. The summed E-state index contributed by atoms with van der Waals surface area (Å²) >= 11 is 0. The molecular weight excluding hydrogens is 208 g/mol. The van der Waals surface area contributed by atoms with E-state index >= 15 is 0 Å². The summed E-state index contributed by atoms with van der Waals surface area (Å²) in [7, 11) is 0. The van der Waals surface area contributed by atoms with Crippen LogP contribution in [0.1, 0.15) is 46.0 Å². The van der Waals surface area contributed by atoms with Crippen molar-refractivity contribution < 1.29 is 0 Å². The first-order valence-electron chi connectivity index (χ1n) is 6.93. The predicted octanol–water partition coefficient (Wildman–Crippen LogP) is 2.49. The second-order valence-corrected chi connectivity index (χ2v) is 6.19. The average Bonchev–Trinajstić information content (AvgIpc) is 3.01. The van der Waals surface area contributed by atoms with Crippen molar-refractivity contribution in [3.8, 4) is 12.3 Å². The van der Waals surface area contributed by atoms with E-state index in [4.69, 9.17) is 12.2 Å². The van der Waals surface area contributed by atoms with Crippen LogP contribution in [0.3, 0.4) is 0 Å². The fourth-order valence-electron chi connectivity index (χ4n) is 2.33. The predicted molar refractivity (Wildman–Crippen MR) is 74.7 cm³/mol. The van der Waals surface area contributed by atoms with Gasteiger partial charge in [-0.15, -0.1) is 6.42 Å². The molecule has 98 valence electrons. The molecule has 0 bridgehead atoms. The molecule has 2 heteroatoms. The molecule has 0 spiro atoms. The Bertz CT molecular complexity index is 248. The Kier molecular flexibility index (Phi) is 6.02. The summed E-state index contributed by atoms with van der Waals surface area (Å²) in [5, 5.41) is 0. The number of terminal acetylenes is 1. The molecule has 1 rings (SSSR count). The lowest BCUT2D eigenvalue weighted by Gasteiger charge is -2.26. The van der Waals surface area contributed by atoms with E-state index in [2.05, 4.69) is 24.7 Å². The summed E-state index contributed by atoms with van der Waals surface area (Å²) in [6, 6.07) is 0. The van der Waals surface area contributed by atoms with Gasteiger partial charge in [-0.25, -0.2) is 0 Å². The highest BCUT2D eigenvalue weighted by Gasteiger charge is 2.24. The van der Waals surface area contributed by atoms with Crippen LogP contribution in [-0.4, -0.2) is 31.1 Å². The Morgan fingerprint density at radius 3 is 2.59 bits per heavy atom. The molecule has 0 radical (unpaired) electrons. The van der Waals surface area contributed by atoms with E-state index in [9.17, 15) is 0 Å². The van der Waals surface area contributed by atoms with Crippen LogP contribution in [0.5, 0.6) is 0 Å². The molecule has 2 nitrogen and oxygen atoms in total. The van der Waals surface area contributed by atoms with Gasteiger partial charge in [0, 0.05) is 6.54 Å². The minimum absolute atomic E-state index is 0.385. The highest BCUT2D eigenvalue weighted by Crippen LogP contribution is 2.30. The van der Waals surface area contributed by atoms with Crippen LogP contribution in [0.15, 0.2) is 0 Å². The molecule has 1 aliphatic carbocycles. The molecule has 0 amide bonds. The first kappa shape index (κ1) is 14.5. The molecule has 0 atom stereocenters. The van der Waals surface area contributed by atoms with Crippen LogP contribution in [0.25, 0.3) is 0 Å². The third-order valence-electron chi connectivity index (χ3n) is 3.68. The molecule has 0 unspecified atom stereocenters. The summed E-state index contributed by atoms with van der Waals surface area (Å²) < 4.78 is 0. The van der Waals surface area contributed by atoms with Gasteiger partial charge in [0.25, 0.3) is 0 Å². The smallest absolute Gasteiger partial charge is 0.0599 e. The van der Waals surface area contributed by atoms with Gasteiger partial charge < -0.3 is 5.73 Å². The lowest BCUT2D eigenvalue weighted by molar-refractivity contribution is 0.246. The number of rotatable bonds is 9. The summed E-state index contributed by atoms with van der Waals surface area (Å²) in [5.74, 6) is 3.71. The second kappa shape index (κ2) is 7.03. The standard InChI is InChI=1S/C15H28N2/c1-4-11-17(13-14-6-7-14)12-5-8-15(2,3)9-10-16/h1,14H,5-13,16H2,2-3H3. The van der Waals surface area contributed by atoms with Gasteiger partial charge >= 0.3 is 0 Å². The van der Waals surface area contributed by atoms with E-state index in [-0.39, 0.29) is 0 Å². The van der Waals surface area contributed by atoms with Crippen LogP contribution in [0.4, 0.5) is 0 Å². The maximum Gasteiger partial charge on any atom is 0.0599 e. The number of nitrogens with two attached hydrogens (primary N) is 1. The quantitative estimate of drug-likeness (QED) is 0.623. The molecule has 17 heavy (non-hydrogen) atoms. The molecule has 0 aliphatic heterocycles. The first-order chi connectivity index (χ1) is 8.07. The van der Waals surface area contributed by atoms with Gasteiger partial charge in [0.15, 0.2) is 0 Å². The monoisotopic (exact) mass is 236 g/mol. The van der Waals surface area contributed by atoms with Gasteiger partial charge in [-0.1, -0.05) is 19.8 Å². The van der Waals surface area contributed by atoms with Crippen molar-refractivity contribution >= 4 is 0 Å². The van der Waals surface area contributed by atoms with Crippen molar-refractivity contribution in [3.05, 3.63) is 0 Å². The Morgan fingerprint density at radius 1 is 1.35 bits per heavy atom. The second-order valence-electron chi connectivity index (χ2n) is 6.19. The van der Waals surface area contributed by atoms with Gasteiger partial charge in [-0.05, 0) is 56.5 Å². The van der Waals surface area contributed by atoms with Crippen LogP contribution < -0.4 is 5.73 Å². The van der Waals surface area contributed by atoms with Crippen LogP contribution in [0.2, 0.25) is 0 Å². The van der Waals surface area contributed by atoms with Gasteiger partial charge in [0.2, 0.25) is 0 Å². The average molecular weight is 236 g/mol. The van der Waals surface area contributed by atoms with Gasteiger partial charge in [-0.3, -0.25) is 4.90 Å². The van der Waals surface area contributed by atoms with Crippen molar-refractivity contribution in [2.45, 2.75) is 46.0 Å². The molecule has 0 aromatic heterocycles. The molecule has 1 fully saturated rings. The fraction of sp³-hybridized carbons (Fsp3) is 0.867. The number of nitrogens with zero attached hydrogens (tertiary/aromatic N) is 1. The molecule has 0 saturated heterocycles. The third kappa shape index (κ3) is 6.71. The van der Waals surface area contributed by atoms with E-state index in [0.717, 1.165) is 32.0 Å². The van der Waals surface area contributed by atoms with Gasteiger partial charge in [-0.2, -0.15) is 0 Å². The number of hydrogen-bond acceptors (Lipinski definition) is 2. The maximum atomic E-state index is 5.63. The highest BCUT2D eigenvalue weighted by molar-refractivity contribution is 4.90. The summed E-state index contributed by atoms with van der Waals surface area (Å²) in [5.41, 5.74) is 6.02. The maximum absolute atomic E-state index is 5.63. The Morgan fingerprint density at radius 2 is 2.06 bits per heavy atom. The summed E-state index contributed by atoms with van der Waals surface area (Å²) in [4.78, 5) is 2.44. The van der Waals surface area contributed by atoms with Crippen molar-refractivity contribution in [2.24, 2.45) is 17.1 Å². The molecule has 2 N–H and O–H groups in total. The Hall–Kier alpha value is -0.520. The van der Waals surface area contributed by atoms with E-state index in [0.29, 0.717) is 5.41 Å². The van der Waals surface area contributed by atoms with Crippen LogP contribution >= 0.6 is 0 Å². The largest absolute Gasteiger partial charge is 0.330 e. The van der Waals surface area contributed by atoms with Crippen molar-refractivity contribution in [2.75, 3.05) is 26.2 Å². The zero-order chi connectivity index (χ0) is 12.7. The first-order valence-corrected chi connectivity index (χ1v) is 6.93. The number of hydrogen-bond donors (Lipinski definition) is 1. The molecular formula is C15H28N2. The minimum atomic E-state index is 0.385. The SMILES string of the molecule is C#CCN(CCCC(C)(C)CCN)CC1CC1. The van der Waals surface area contributed by atoms with Crippen molar-refractivity contribution in [1.29, 1.82) is 0 Å². The normalized spacial score (nSPS) is 16.2. The van der Waals surface area contributed by atoms with E-state index in [1.165, 1.54) is 32.2 Å². The van der Waals surface area contributed by atoms with Gasteiger partial charge in [0.1, 0.15) is 0 Å². The van der Waals surface area contributed by atoms with Crippen LogP contribution in [-0.2, 0) is 0 Å². The molecule has 1 aliphatic rings. The Balaban J connectivity index is 2.19. The zero-order valence-electron chi connectivity index (χ0n) is 11.5.